The van der Waals surface area contributed by atoms with Crippen molar-refractivity contribution < 1.29 is 19.1 Å². The van der Waals surface area contributed by atoms with Crippen LogP contribution in [0.4, 0.5) is 10.2 Å². The van der Waals surface area contributed by atoms with Gasteiger partial charge in [-0.05, 0) is 50.3 Å². The predicted octanol–water partition coefficient (Wildman–Crippen LogP) is 2.50. The van der Waals surface area contributed by atoms with E-state index in [0.717, 1.165) is 11.1 Å². The van der Waals surface area contributed by atoms with Crippen LogP contribution in [0.15, 0.2) is 36.5 Å². The molecule has 0 spiro atoms. The summed E-state index contributed by atoms with van der Waals surface area (Å²) >= 11 is 0. The molecule has 2 bridgehead atoms. The first-order chi connectivity index (χ1) is 14.2. The second-order valence-electron chi connectivity index (χ2n) is 9.27. The minimum absolute atomic E-state index is 0.107. The number of amides is 2. The third-order valence-corrected chi connectivity index (χ3v) is 6.74. The van der Waals surface area contributed by atoms with E-state index < -0.39 is 22.9 Å². The standard InChI is InChI=1S/C23H24FN3O3/c1-14-3-5-16(6-4-14)9-26-18(28)10-27(20-17(24)7-15(2)8-25-20)21(29)19(26)22-11-23(30,12-22)13-22/h3-8,19,30H,9-13H2,1-2H3/t19-,22?,23?/m1/s1. The first-order valence-corrected chi connectivity index (χ1v) is 10.2. The van der Waals surface area contributed by atoms with Crippen molar-refractivity contribution >= 4 is 17.6 Å². The molecule has 1 aliphatic heterocycles. The van der Waals surface area contributed by atoms with Gasteiger partial charge in [0.05, 0.1) is 5.60 Å². The van der Waals surface area contributed by atoms with Crippen molar-refractivity contribution in [2.24, 2.45) is 5.41 Å². The molecule has 7 heteroatoms. The number of piperazine rings is 1. The number of carbonyl (C=O) groups is 2. The van der Waals surface area contributed by atoms with Gasteiger partial charge >= 0.3 is 0 Å². The number of aryl methyl sites for hydroxylation is 2. The highest BCUT2D eigenvalue weighted by Crippen LogP contribution is 2.70. The molecule has 2 aromatic rings. The number of aromatic nitrogens is 1. The number of hydrogen-bond acceptors (Lipinski definition) is 4. The maximum Gasteiger partial charge on any atom is 0.252 e. The number of benzene rings is 1. The van der Waals surface area contributed by atoms with Crippen LogP contribution in [0.25, 0.3) is 0 Å². The highest BCUT2D eigenvalue weighted by Gasteiger charge is 2.73. The molecule has 6 nitrogen and oxygen atoms in total. The van der Waals surface area contributed by atoms with Crippen LogP contribution in [0.2, 0.25) is 0 Å². The fraction of sp³-hybridized carbons (Fsp3) is 0.435. The van der Waals surface area contributed by atoms with Gasteiger partial charge in [0.25, 0.3) is 5.91 Å². The molecule has 2 heterocycles. The van der Waals surface area contributed by atoms with Gasteiger partial charge in [-0.25, -0.2) is 9.37 Å². The average Bonchev–Trinajstić information content (AvgIpc) is 2.64. The Labute approximate surface area is 174 Å². The van der Waals surface area contributed by atoms with E-state index in [1.54, 1.807) is 11.8 Å². The van der Waals surface area contributed by atoms with Crippen molar-refractivity contribution in [1.29, 1.82) is 0 Å². The Morgan fingerprint density at radius 2 is 1.80 bits per heavy atom. The number of hydrogen-bond donors (Lipinski definition) is 1. The zero-order valence-corrected chi connectivity index (χ0v) is 17.1. The van der Waals surface area contributed by atoms with E-state index in [0.29, 0.717) is 31.4 Å². The van der Waals surface area contributed by atoms with Crippen LogP contribution in [0.5, 0.6) is 0 Å². The van der Waals surface area contributed by atoms with E-state index in [4.69, 9.17) is 0 Å². The zero-order chi connectivity index (χ0) is 21.3. The summed E-state index contributed by atoms with van der Waals surface area (Å²) < 4.78 is 14.6. The van der Waals surface area contributed by atoms with Crippen molar-refractivity contribution in [2.75, 3.05) is 11.4 Å². The summed E-state index contributed by atoms with van der Waals surface area (Å²) in [7, 11) is 0. The largest absolute Gasteiger partial charge is 0.390 e. The van der Waals surface area contributed by atoms with E-state index in [-0.39, 0.29) is 24.2 Å². The Morgan fingerprint density at radius 3 is 2.40 bits per heavy atom. The smallest absolute Gasteiger partial charge is 0.252 e. The van der Waals surface area contributed by atoms with Gasteiger partial charge in [0.2, 0.25) is 5.91 Å². The van der Waals surface area contributed by atoms with Crippen LogP contribution in [0.1, 0.15) is 36.0 Å². The van der Waals surface area contributed by atoms with Gasteiger partial charge in [-0.1, -0.05) is 29.8 Å². The molecular formula is C23H24FN3O3. The summed E-state index contributed by atoms with van der Waals surface area (Å²) in [5.41, 5.74) is 1.54. The molecule has 1 saturated heterocycles. The number of halogens is 1. The first-order valence-electron chi connectivity index (χ1n) is 10.2. The Morgan fingerprint density at radius 1 is 1.13 bits per heavy atom. The molecule has 30 heavy (non-hydrogen) atoms. The summed E-state index contributed by atoms with van der Waals surface area (Å²) in [6.07, 6.45) is 2.97. The number of aliphatic hydroxyl groups is 1. The lowest BCUT2D eigenvalue weighted by atomic mass is 9.38. The molecule has 1 aromatic carbocycles. The third kappa shape index (κ3) is 2.83. The SMILES string of the molecule is Cc1ccc(CN2C(=O)CN(c3ncc(C)cc3F)C(=O)[C@@H]2C23CC(O)(C2)C3)cc1. The van der Waals surface area contributed by atoms with E-state index in [1.807, 2.05) is 31.2 Å². The van der Waals surface area contributed by atoms with Crippen LogP contribution in [-0.4, -0.2) is 45.0 Å². The van der Waals surface area contributed by atoms with E-state index >= 15 is 0 Å². The van der Waals surface area contributed by atoms with E-state index in [9.17, 15) is 19.1 Å². The monoisotopic (exact) mass is 409 g/mol. The second-order valence-corrected chi connectivity index (χ2v) is 9.27. The van der Waals surface area contributed by atoms with E-state index in [1.165, 1.54) is 17.2 Å². The zero-order valence-electron chi connectivity index (χ0n) is 17.1. The molecule has 156 valence electrons. The van der Waals surface area contributed by atoms with E-state index in [2.05, 4.69) is 4.98 Å². The Balaban J connectivity index is 1.50. The number of rotatable bonds is 4. The summed E-state index contributed by atoms with van der Waals surface area (Å²) in [5.74, 6) is -1.28. The van der Waals surface area contributed by atoms with Gasteiger partial charge in [0.15, 0.2) is 11.6 Å². The number of nitrogens with zero attached hydrogens (tertiary/aromatic N) is 3. The van der Waals surface area contributed by atoms with Crippen LogP contribution in [0, 0.1) is 25.1 Å². The van der Waals surface area contributed by atoms with Crippen LogP contribution in [0.3, 0.4) is 0 Å². The summed E-state index contributed by atoms with van der Waals surface area (Å²) in [5, 5.41) is 10.3. The van der Waals surface area contributed by atoms with Crippen LogP contribution >= 0.6 is 0 Å². The molecule has 1 N–H and O–H groups in total. The van der Waals surface area contributed by atoms with Crippen molar-refractivity contribution in [3.63, 3.8) is 0 Å². The minimum Gasteiger partial charge on any atom is -0.390 e. The number of pyridine rings is 1. The lowest BCUT2D eigenvalue weighted by molar-refractivity contribution is -0.280. The molecule has 1 aromatic heterocycles. The fourth-order valence-electron chi connectivity index (χ4n) is 5.40. The topological polar surface area (TPSA) is 73.7 Å². The van der Waals surface area contributed by atoms with Crippen LogP contribution in [-0.2, 0) is 16.1 Å². The molecule has 4 aliphatic rings. The first kappa shape index (κ1) is 19.2. The molecule has 3 aliphatic carbocycles. The van der Waals surface area contributed by atoms with Crippen molar-refractivity contribution in [1.82, 2.24) is 9.88 Å². The Hall–Kier alpha value is -2.80. The van der Waals surface area contributed by atoms with Crippen LogP contribution < -0.4 is 4.90 Å². The maximum atomic E-state index is 14.6. The molecule has 0 radical (unpaired) electrons. The lowest BCUT2D eigenvalue weighted by Gasteiger charge is -2.71. The number of anilines is 1. The van der Waals surface area contributed by atoms with Crippen molar-refractivity contribution in [3.8, 4) is 0 Å². The summed E-state index contributed by atoms with van der Waals surface area (Å²) in [6, 6.07) is 8.44. The average molecular weight is 409 g/mol. The van der Waals surface area contributed by atoms with Gasteiger partial charge < -0.3 is 10.0 Å². The van der Waals surface area contributed by atoms with Gasteiger partial charge in [0.1, 0.15) is 12.6 Å². The van der Waals surface area contributed by atoms with Gasteiger partial charge in [-0.3, -0.25) is 14.5 Å². The lowest BCUT2D eigenvalue weighted by Crippen LogP contribution is -2.78. The summed E-state index contributed by atoms with van der Waals surface area (Å²) in [6.45, 7) is 3.78. The molecule has 0 unspecified atom stereocenters. The predicted molar refractivity (Wildman–Crippen MR) is 108 cm³/mol. The molecule has 6 rings (SSSR count). The minimum atomic E-state index is -0.725. The molecule has 1 atom stereocenters. The van der Waals surface area contributed by atoms with Crippen molar-refractivity contribution in [3.05, 3.63) is 59.0 Å². The summed E-state index contributed by atoms with van der Waals surface area (Å²) in [4.78, 5) is 33.7. The normalized spacial score (nSPS) is 30.2. The van der Waals surface area contributed by atoms with Gasteiger partial charge in [0, 0.05) is 18.2 Å². The highest BCUT2D eigenvalue weighted by atomic mass is 19.1. The Kier molecular flexibility index (Phi) is 4.06. The molecular weight excluding hydrogens is 385 g/mol. The maximum absolute atomic E-state index is 14.6. The molecule has 4 fully saturated rings. The van der Waals surface area contributed by atoms with Gasteiger partial charge in [-0.2, -0.15) is 0 Å². The quantitative estimate of drug-likeness (QED) is 0.842. The van der Waals surface area contributed by atoms with Gasteiger partial charge in [-0.15, -0.1) is 0 Å². The fourth-order valence-corrected chi connectivity index (χ4v) is 5.40. The second kappa shape index (κ2) is 6.35. The third-order valence-electron chi connectivity index (χ3n) is 6.74. The van der Waals surface area contributed by atoms with Crippen molar-refractivity contribution in [2.45, 2.75) is 51.3 Å². The Bertz CT molecular complexity index is 1030. The molecule has 2 amide bonds. The molecule has 3 saturated carbocycles. The highest BCUT2D eigenvalue weighted by molar-refractivity contribution is 6.06. The number of carbonyl (C=O) groups excluding carboxylic acids is 2.